The SMILES string of the molecule is Cc1ccc(CN2C(=O)S/C(=C/c3ccccc3OCc3cccc4ccccc34)C2=O)cc1. The van der Waals surface area contributed by atoms with Crippen LogP contribution in [0.2, 0.25) is 0 Å². The van der Waals surface area contributed by atoms with Crippen LogP contribution in [0.15, 0.2) is 95.9 Å². The highest BCUT2D eigenvalue weighted by molar-refractivity contribution is 8.18. The maximum Gasteiger partial charge on any atom is 0.293 e. The third kappa shape index (κ3) is 4.61. The number of rotatable bonds is 6. The Balaban J connectivity index is 1.35. The molecule has 34 heavy (non-hydrogen) atoms. The number of hydrogen-bond donors (Lipinski definition) is 0. The van der Waals surface area contributed by atoms with Gasteiger partial charge in [-0.2, -0.15) is 0 Å². The van der Waals surface area contributed by atoms with E-state index >= 15 is 0 Å². The highest BCUT2D eigenvalue weighted by atomic mass is 32.2. The van der Waals surface area contributed by atoms with Crippen molar-refractivity contribution in [2.75, 3.05) is 0 Å². The summed E-state index contributed by atoms with van der Waals surface area (Å²) in [5.74, 6) is 0.389. The van der Waals surface area contributed by atoms with Gasteiger partial charge in [0.05, 0.1) is 11.4 Å². The summed E-state index contributed by atoms with van der Waals surface area (Å²) < 4.78 is 6.17. The Kier molecular flexibility index (Phi) is 6.19. The molecule has 5 rings (SSSR count). The van der Waals surface area contributed by atoms with Gasteiger partial charge in [0.1, 0.15) is 12.4 Å². The van der Waals surface area contributed by atoms with E-state index in [2.05, 4.69) is 24.3 Å². The van der Waals surface area contributed by atoms with Gasteiger partial charge in [-0.3, -0.25) is 14.5 Å². The fourth-order valence-corrected chi connectivity index (χ4v) is 4.79. The summed E-state index contributed by atoms with van der Waals surface area (Å²) in [5.41, 5.74) is 3.92. The summed E-state index contributed by atoms with van der Waals surface area (Å²) in [5, 5.41) is 2.06. The van der Waals surface area contributed by atoms with Crippen molar-refractivity contribution in [3.8, 4) is 5.75 Å². The van der Waals surface area contributed by atoms with E-state index in [1.165, 1.54) is 10.3 Å². The van der Waals surface area contributed by atoms with Crippen LogP contribution < -0.4 is 4.74 Å². The van der Waals surface area contributed by atoms with Crippen LogP contribution in [0, 0.1) is 6.92 Å². The van der Waals surface area contributed by atoms with E-state index < -0.39 is 0 Å². The molecule has 0 unspecified atom stereocenters. The van der Waals surface area contributed by atoms with E-state index in [-0.39, 0.29) is 17.7 Å². The van der Waals surface area contributed by atoms with Gasteiger partial charge in [0.2, 0.25) is 0 Å². The Morgan fingerprint density at radius 1 is 0.853 bits per heavy atom. The molecule has 1 aliphatic rings. The molecule has 4 aromatic carbocycles. The second-order valence-electron chi connectivity index (χ2n) is 8.22. The molecule has 168 valence electrons. The third-order valence-electron chi connectivity index (χ3n) is 5.80. The van der Waals surface area contributed by atoms with E-state index in [1.54, 1.807) is 6.08 Å². The van der Waals surface area contributed by atoms with Gasteiger partial charge in [-0.15, -0.1) is 0 Å². The zero-order valence-electron chi connectivity index (χ0n) is 18.7. The lowest BCUT2D eigenvalue weighted by molar-refractivity contribution is -0.123. The Labute approximate surface area is 202 Å². The number of imide groups is 1. The first-order valence-corrected chi connectivity index (χ1v) is 11.9. The van der Waals surface area contributed by atoms with Gasteiger partial charge in [-0.05, 0) is 52.7 Å². The van der Waals surface area contributed by atoms with Gasteiger partial charge >= 0.3 is 0 Å². The maximum absolute atomic E-state index is 13.0. The first-order chi connectivity index (χ1) is 16.6. The van der Waals surface area contributed by atoms with Crippen LogP contribution in [0.1, 0.15) is 22.3 Å². The highest BCUT2D eigenvalue weighted by Gasteiger charge is 2.35. The first kappa shape index (κ1) is 22.0. The van der Waals surface area contributed by atoms with Crippen LogP contribution in [-0.4, -0.2) is 16.0 Å². The number of fused-ring (bicyclic) bond motifs is 1. The van der Waals surface area contributed by atoms with Crippen molar-refractivity contribution in [1.29, 1.82) is 0 Å². The van der Waals surface area contributed by atoms with E-state index in [1.807, 2.05) is 73.7 Å². The second-order valence-corrected chi connectivity index (χ2v) is 9.21. The summed E-state index contributed by atoms with van der Waals surface area (Å²) >= 11 is 0.967. The molecule has 0 N–H and O–H groups in total. The summed E-state index contributed by atoms with van der Waals surface area (Å²) in [6, 6.07) is 29.8. The van der Waals surface area contributed by atoms with Gasteiger partial charge in [0, 0.05) is 5.56 Å². The van der Waals surface area contributed by atoms with Crippen LogP contribution in [0.4, 0.5) is 4.79 Å². The minimum absolute atomic E-state index is 0.258. The number of para-hydroxylation sites is 1. The number of nitrogens with zero attached hydrogens (tertiary/aromatic N) is 1. The summed E-state index contributed by atoms with van der Waals surface area (Å²) in [7, 11) is 0. The van der Waals surface area contributed by atoms with Gasteiger partial charge in [0.15, 0.2) is 0 Å². The predicted octanol–water partition coefficient (Wildman–Crippen LogP) is 6.96. The lowest BCUT2D eigenvalue weighted by Gasteiger charge is -2.13. The normalized spacial score (nSPS) is 14.9. The monoisotopic (exact) mass is 465 g/mol. The maximum atomic E-state index is 13.0. The third-order valence-corrected chi connectivity index (χ3v) is 6.71. The zero-order chi connectivity index (χ0) is 23.5. The molecular formula is C29H23NO3S. The fourth-order valence-electron chi connectivity index (χ4n) is 3.96. The van der Waals surface area contributed by atoms with Gasteiger partial charge in [-0.1, -0.05) is 90.5 Å². The molecule has 1 saturated heterocycles. The topological polar surface area (TPSA) is 46.6 Å². The van der Waals surface area contributed by atoms with Crippen molar-refractivity contribution >= 4 is 39.8 Å². The summed E-state index contributed by atoms with van der Waals surface area (Å²) in [4.78, 5) is 27.3. The molecule has 2 amide bonds. The predicted molar refractivity (Wildman–Crippen MR) is 137 cm³/mol. The van der Waals surface area contributed by atoms with E-state index in [0.29, 0.717) is 17.3 Å². The molecule has 0 aliphatic carbocycles. The molecule has 0 spiro atoms. The molecule has 0 bridgehead atoms. The number of hydrogen-bond acceptors (Lipinski definition) is 4. The molecule has 1 heterocycles. The molecule has 4 aromatic rings. The molecule has 1 aliphatic heterocycles. The van der Waals surface area contributed by atoms with Crippen LogP contribution in [0.5, 0.6) is 5.75 Å². The van der Waals surface area contributed by atoms with Crippen molar-refractivity contribution in [3.63, 3.8) is 0 Å². The average Bonchev–Trinajstić information content (AvgIpc) is 3.12. The molecule has 0 radical (unpaired) electrons. The number of amides is 2. The van der Waals surface area contributed by atoms with Crippen molar-refractivity contribution in [1.82, 2.24) is 4.90 Å². The van der Waals surface area contributed by atoms with Crippen LogP contribution in [0.25, 0.3) is 16.8 Å². The summed E-state index contributed by atoms with van der Waals surface area (Å²) in [6.07, 6.45) is 1.75. The Morgan fingerprint density at radius 3 is 2.44 bits per heavy atom. The number of carbonyl (C=O) groups excluding carboxylic acids is 2. The minimum atomic E-state index is -0.278. The van der Waals surface area contributed by atoms with Crippen LogP contribution in [-0.2, 0) is 17.9 Å². The molecular weight excluding hydrogens is 442 g/mol. The average molecular weight is 466 g/mol. The zero-order valence-corrected chi connectivity index (χ0v) is 19.5. The Bertz CT molecular complexity index is 1400. The van der Waals surface area contributed by atoms with Crippen LogP contribution >= 0.6 is 11.8 Å². The van der Waals surface area contributed by atoms with E-state index in [0.717, 1.165) is 39.4 Å². The van der Waals surface area contributed by atoms with Crippen molar-refractivity contribution < 1.29 is 14.3 Å². The smallest absolute Gasteiger partial charge is 0.293 e. The second kappa shape index (κ2) is 9.57. The molecule has 0 saturated carbocycles. The van der Waals surface area contributed by atoms with Crippen molar-refractivity contribution in [3.05, 3.63) is 118 Å². The molecule has 0 atom stereocenters. The van der Waals surface area contributed by atoms with E-state index in [9.17, 15) is 9.59 Å². The van der Waals surface area contributed by atoms with Crippen molar-refractivity contribution in [2.45, 2.75) is 20.1 Å². The molecule has 1 fully saturated rings. The lowest BCUT2D eigenvalue weighted by Crippen LogP contribution is -2.27. The first-order valence-electron chi connectivity index (χ1n) is 11.1. The summed E-state index contributed by atoms with van der Waals surface area (Å²) in [6.45, 7) is 2.68. The molecule has 5 heteroatoms. The Morgan fingerprint density at radius 2 is 1.59 bits per heavy atom. The van der Waals surface area contributed by atoms with Gasteiger partial charge < -0.3 is 4.74 Å². The lowest BCUT2D eigenvalue weighted by atomic mass is 10.1. The van der Waals surface area contributed by atoms with Gasteiger partial charge in [0.25, 0.3) is 11.1 Å². The number of aryl methyl sites for hydroxylation is 1. The van der Waals surface area contributed by atoms with E-state index in [4.69, 9.17) is 4.74 Å². The van der Waals surface area contributed by atoms with Gasteiger partial charge in [-0.25, -0.2) is 0 Å². The van der Waals surface area contributed by atoms with Crippen LogP contribution in [0.3, 0.4) is 0 Å². The number of carbonyl (C=O) groups is 2. The minimum Gasteiger partial charge on any atom is -0.488 e. The molecule has 4 nitrogen and oxygen atoms in total. The fraction of sp³-hybridized carbons (Fsp3) is 0.103. The number of ether oxygens (including phenoxy) is 1. The molecule has 0 aromatic heterocycles. The quantitative estimate of drug-likeness (QED) is 0.289. The number of benzene rings is 4. The van der Waals surface area contributed by atoms with Crippen molar-refractivity contribution in [2.24, 2.45) is 0 Å². The highest BCUT2D eigenvalue weighted by Crippen LogP contribution is 2.35. The Hall–Kier alpha value is -3.83. The standard InChI is InChI=1S/C29H23NO3S/c1-20-13-15-21(16-14-20)18-30-28(31)27(34-29(30)32)17-23-8-3-5-12-26(23)33-19-24-10-6-9-22-7-2-4-11-25(22)24/h2-17H,18-19H2,1H3/b27-17+. The number of thioether (sulfide) groups is 1. The largest absolute Gasteiger partial charge is 0.488 e.